The molecule has 0 radical (unpaired) electrons. The maximum Gasteiger partial charge on any atom is 0.319 e. The van der Waals surface area contributed by atoms with Crippen molar-refractivity contribution in [3.05, 3.63) is 150 Å². The van der Waals surface area contributed by atoms with Crippen molar-refractivity contribution in [2.24, 2.45) is 0 Å². The number of hydrazine groups is 1. The molecule has 7 rings (SSSR count). The molecular weight excluding hydrogens is 626 g/mol. The van der Waals surface area contributed by atoms with Gasteiger partial charge in [-0.1, -0.05) is 115 Å². The average molecular weight is 668 g/mol. The third-order valence-corrected chi connectivity index (χ3v) is 9.62. The number of fused-ring (bicyclic) bond motifs is 2. The molecule has 2 aliphatic heterocycles. The van der Waals surface area contributed by atoms with Crippen molar-refractivity contribution < 1.29 is 19.1 Å². The fourth-order valence-electron chi connectivity index (χ4n) is 6.94. The van der Waals surface area contributed by atoms with E-state index in [1.165, 1.54) is 0 Å². The summed E-state index contributed by atoms with van der Waals surface area (Å²) >= 11 is 0. The first-order valence-corrected chi connectivity index (χ1v) is 17.1. The number of ether oxygens (including phenoxy) is 1. The van der Waals surface area contributed by atoms with E-state index in [4.69, 9.17) is 4.74 Å². The van der Waals surface area contributed by atoms with E-state index in [0.29, 0.717) is 26.1 Å². The molecule has 2 heterocycles. The standard InChI is InChI=1S/C41H41N5O4/c1-43-37(25-30-19-21-35(22-20-30)50-29-32-13-6-3-7-14-32)40(48)44(27-34-17-10-16-33-15-8-9-18-36(33)34)28-38-45(24-23-39(47)46(38)43)41(49)42-26-31-11-4-2-5-12-31/h2-22,37-38H,23-29H2,1H3,(H,42,49)/t37-,38?/m0/s1. The van der Waals surface area contributed by atoms with Gasteiger partial charge >= 0.3 is 6.03 Å². The fraction of sp³-hybridized carbons (Fsp3) is 0.244. The number of likely N-dealkylation sites (N-methyl/N-ethyl adjacent to an activating group) is 1. The van der Waals surface area contributed by atoms with Gasteiger partial charge < -0.3 is 19.9 Å². The van der Waals surface area contributed by atoms with Crippen molar-refractivity contribution in [2.75, 3.05) is 20.1 Å². The average Bonchev–Trinajstić information content (AvgIpc) is 3.25. The van der Waals surface area contributed by atoms with Crippen LogP contribution in [0.15, 0.2) is 127 Å². The Labute approximate surface area is 292 Å². The van der Waals surface area contributed by atoms with Crippen molar-refractivity contribution in [1.82, 2.24) is 25.1 Å². The fourth-order valence-corrected chi connectivity index (χ4v) is 6.94. The molecule has 4 amide bonds. The molecule has 0 aromatic heterocycles. The molecule has 0 spiro atoms. The molecule has 9 heteroatoms. The van der Waals surface area contributed by atoms with Gasteiger partial charge in [0.25, 0.3) is 0 Å². The second-order valence-corrected chi connectivity index (χ2v) is 12.9. The summed E-state index contributed by atoms with van der Waals surface area (Å²) in [6.45, 7) is 1.61. The quantitative estimate of drug-likeness (QED) is 0.209. The largest absolute Gasteiger partial charge is 0.489 e. The van der Waals surface area contributed by atoms with E-state index in [1.807, 2.05) is 114 Å². The lowest BCUT2D eigenvalue weighted by Gasteiger charge is -2.46. The second kappa shape index (κ2) is 14.8. The van der Waals surface area contributed by atoms with Crippen molar-refractivity contribution in [3.63, 3.8) is 0 Å². The van der Waals surface area contributed by atoms with Gasteiger partial charge in [0.05, 0.1) is 6.54 Å². The normalized spacial score (nSPS) is 18.1. The second-order valence-electron chi connectivity index (χ2n) is 12.9. The van der Waals surface area contributed by atoms with Gasteiger partial charge in [0.2, 0.25) is 11.8 Å². The molecule has 1 N–H and O–H groups in total. The number of urea groups is 1. The van der Waals surface area contributed by atoms with Crippen LogP contribution in [0.1, 0.15) is 28.7 Å². The minimum Gasteiger partial charge on any atom is -0.489 e. The highest BCUT2D eigenvalue weighted by Crippen LogP contribution is 2.29. The zero-order valence-corrected chi connectivity index (χ0v) is 28.2. The lowest BCUT2D eigenvalue weighted by atomic mass is 10.0. The molecule has 2 atom stereocenters. The van der Waals surface area contributed by atoms with Crippen LogP contribution >= 0.6 is 0 Å². The van der Waals surface area contributed by atoms with Crippen molar-refractivity contribution >= 4 is 28.6 Å². The number of amides is 4. The van der Waals surface area contributed by atoms with Gasteiger partial charge in [-0.3, -0.25) is 9.59 Å². The van der Waals surface area contributed by atoms with Crippen LogP contribution in [-0.4, -0.2) is 70.0 Å². The van der Waals surface area contributed by atoms with Crippen LogP contribution in [0, 0.1) is 0 Å². The molecule has 5 aromatic rings. The highest BCUT2D eigenvalue weighted by Gasteiger charge is 2.47. The van der Waals surface area contributed by atoms with Crippen LogP contribution in [-0.2, 0) is 35.7 Å². The molecule has 0 saturated carbocycles. The SMILES string of the molecule is CN1[C@@H](Cc2ccc(OCc3ccccc3)cc2)C(=O)N(Cc2cccc3ccccc23)CC2N(C(=O)NCc3ccccc3)CCC(=O)N21. The van der Waals surface area contributed by atoms with Gasteiger partial charge in [0.15, 0.2) is 0 Å². The number of hydrogen-bond donors (Lipinski definition) is 1. The lowest BCUT2D eigenvalue weighted by molar-refractivity contribution is -0.171. The Balaban J connectivity index is 1.17. The van der Waals surface area contributed by atoms with E-state index in [9.17, 15) is 14.4 Å². The Kier molecular flexibility index (Phi) is 9.75. The van der Waals surface area contributed by atoms with Gasteiger partial charge in [-0.05, 0) is 51.6 Å². The van der Waals surface area contributed by atoms with E-state index in [-0.39, 0.29) is 37.4 Å². The summed E-state index contributed by atoms with van der Waals surface area (Å²) in [5, 5.41) is 8.59. The molecule has 2 aliphatic rings. The third-order valence-electron chi connectivity index (χ3n) is 9.62. The van der Waals surface area contributed by atoms with Gasteiger partial charge in [-0.15, -0.1) is 0 Å². The van der Waals surface area contributed by atoms with E-state index < -0.39 is 12.2 Å². The first-order valence-electron chi connectivity index (χ1n) is 17.1. The summed E-state index contributed by atoms with van der Waals surface area (Å²) in [7, 11) is 1.79. The molecule has 5 aromatic carbocycles. The van der Waals surface area contributed by atoms with Crippen molar-refractivity contribution in [1.29, 1.82) is 0 Å². The molecule has 9 nitrogen and oxygen atoms in total. The monoisotopic (exact) mass is 667 g/mol. The summed E-state index contributed by atoms with van der Waals surface area (Å²) < 4.78 is 6.00. The molecule has 2 saturated heterocycles. The zero-order chi connectivity index (χ0) is 34.5. The van der Waals surface area contributed by atoms with Crippen LogP contribution in [0.25, 0.3) is 10.8 Å². The maximum atomic E-state index is 14.7. The van der Waals surface area contributed by atoms with E-state index in [0.717, 1.165) is 38.8 Å². The molecule has 2 fully saturated rings. The number of nitrogens with zero attached hydrogens (tertiary/aromatic N) is 4. The predicted octanol–water partition coefficient (Wildman–Crippen LogP) is 5.99. The summed E-state index contributed by atoms with van der Waals surface area (Å²) in [6, 6.07) is 40.8. The van der Waals surface area contributed by atoms with Gasteiger partial charge in [0, 0.05) is 33.1 Å². The van der Waals surface area contributed by atoms with Crippen LogP contribution < -0.4 is 10.1 Å². The minimum atomic E-state index is -0.678. The highest BCUT2D eigenvalue weighted by molar-refractivity contribution is 5.88. The molecule has 0 aliphatic carbocycles. The molecule has 0 bridgehead atoms. The minimum absolute atomic E-state index is 0.100. The van der Waals surface area contributed by atoms with Gasteiger partial charge in [-0.2, -0.15) is 0 Å². The van der Waals surface area contributed by atoms with E-state index >= 15 is 0 Å². The third kappa shape index (κ3) is 7.18. The number of benzene rings is 5. The summed E-state index contributed by atoms with van der Waals surface area (Å²) in [5.41, 5.74) is 4.01. The van der Waals surface area contributed by atoms with Gasteiger partial charge in [0.1, 0.15) is 24.6 Å². The van der Waals surface area contributed by atoms with Crippen LogP contribution in [0.3, 0.4) is 0 Å². The number of hydrogen-bond acceptors (Lipinski definition) is 5. The Bertz CT molecular complexity index is 1950. The molecule has 1 unspecified atom stereocenters. The number of carbonyl (C=O) groups is 3. The van der Waals surface area contributed by atoms with Crippen LogP contribution in [0.4, 0.5) is 4.79 Å². The van der Waals surface area contributed by atoms with Crippen LogP contribution in [0.5, 0.6) is 5.75 Å². The molecule has 50 heavy (non-hydrogen) atoms. The first kappa shape index (κ1) is 32.9. The predicted molar refractivity (Wildman–Crippen MR) is 192 cm³/mol. The topological polar surface area (TPSA) is 85.4 Å². The van der Waals surface area contributed by atoms with Gasteiger partial charge in [-0.25, -0.2) is 14.8 Å². The number of nitrogens with one attached hydrogen (secondary N) is 1. The highest BCUT2D eigenvalue weighted by atomic mass is 16.5. The Hall–Kier alpha value is -5.67. The number of rotatable bonds is 9. The van der Waals surface area contributed by atoms with E-state index in [1.54, 1.807) is 22.0 Å². The van der Waals surface area contributed by atoms with Crippen molar-refractivity contribution in [3.8, 4) is 5.75 Å². The summed E-state index contributed by atoms with van der Waals surface area (Å²) in [6.07, 6.45) is -0.136. The molecule has 254 valence electrons. The Morgan fingerprint density at radius 3 is 2.22 bits per heavy atom. The Morgan fingerprint density at radius 1 is 0.780 bits per heavy atom. The van der Waals surface area contributed by atoms with E-state index in [2.05, 4.69) is 23.5 Å². The maximum absolute atomic E-state index is 14.7. The first-order chi connectivity index (χ1) is 24.4. The summed E-state index contributed by atoms with van der Waals surface area (Å²) in [4.78, 5) is 45.6. The lowest BCUT2D eigenvalue weighted by Crippen LogP contribution is -2.66. The summed E-state index contributed by atoms with van der Waals surface area (Å²) in [5.74, 6) is 0.523. The van der Waals surface area contributed by atoms with Crippen LogP contribution in [0.2, 0.25) is 0 Å². The molecular formula is C41H41N5O4. The zero-order valence-electron chi connectivity index (χ0n) is 28.2. The number of carbonyl (C=O) groups excluding carboxylic acids is 3. The van der Waals surface area contributed by atoms with Crippen molar-refractivity contribution in [2.45, 2.75) is 44.7 Å². The Morgan fingerprint density at radius 2 is 1.46 bits per heavy atom. The smallest absolute Gasteiger partial charge is 0.319 e.